The van der Waals surface area contributed by atoms with E-state index in [1.165, 1.54) is 11.9 Å². The highest BCUT2D eigenvalue weighted by Gasteiger charge is 2.22. The molecule has 1 aromatic carbocycles. The monoisotopic (exact) mass is 242 g/mol. The van der Waals surface area contributed by atoms with Crippen LogP contribution in [0.3, 0.4) is 0 Å². The first kappa shape index (κ1) is 13.4. The van der Waals surface area contributed by atoms with Crippen LogP contribution in [0.2, 0.25) is 0 Å². The third-order valence-corrected chi connectivity index (χ3v) is 2.32. The molecule has 0 fully saturated rings. The molecule has 1 rings (SSSR count). The minimum atomic E-state index is -0.995. The highest BCUT2D eigenvalue weighted by Crippen LogP contribution is 2.20. The third kappa shape index (κ3) is 2.93. The van der Waals surface area contributed by atoms with Gasteiger partial charge in [0.05, 0.1) is 5.69 Å². The van der Waals surface area contributed by atoms with Crippen molar-refractivity contribution in [1.82, 2.24) is 4.90 Å². The van der Waals surface area contributed by atoms with Crippen molar-refractivity contribution >= 4 is 11.6 Å². The summed E-state index contributed by atoms with van der Waals surface area (Å²) < 4.78 is 27.0. The van der Waals surface area contributed by atoms with Crippen LogP contribution in [0.5, 0.6) is 0 Å². The molecule has 0 saturated heterocycles. The Hall–Kier alpha value is -1.65. The summed E-state index contributed by atoms with van der Waals surface area (Å²) >= 11 is 0. The van der Waals surface area contributed by atoms with E-state index >= 15 is 0 Å². The molecule has 5 heteroatoms. The van der Waals surface area contributed by atoms with Gasteiger partial charge < -0.3 is 10.6 Å². The molecule has 0 unspecified atom stereocenters. The van der Waals surface area contributed by atoms with Crippen molar-refractivity contribution in [1.29, 1.82) is 0 Å². The molecule has 94 valence electrons. The van der Waals surface area contributed by atoms with Gasteiger partial charge in [0.1, 0.15) is 11.4 Å². The quantitative estimate of drug-likeness (QED) is 0.826. The Kier molecular flexibility index (Phi) is 4.04. The Morgan fingerprint density at radius 1 is 1.41 bits per heavy atom. The van der Waals surface area contributed by atoms with Gasteiger partial charge in [-0.05, 0) is 18.1 Å². The van der Waals surface area contributed by atoms with E-state index in [0.717, 1.165) is 12.1 Å². The number of amides is 1. The summed E-state index contributed by atoms with van der Waals surface area (Å²) in [7, 11) is 1.50. The summed E-state index contributed by atoms with van der Waals surface area (Å²) in [5.74, 6) is -2.36. The van der Waals surface area contributed by atoms with Crippen LogP contribution in [0, 0.1) is 17.6 Å². The van der Waals surface area contributed by atoms with Gasteiger partial charge in [-0.2, -0.15) is 0 Å². The molecular weight excluding hydrogens is 226 g/mol. The lowest BCUT2D eigenvalue weighted by Gasteiger charge is -2.20. The molecule has 1 aromatic rings. The van der Waals surface area contributed by atoms with E-state index in [2.05, 4.69) is 0 Å². The number of rotatable bonds is 3. The number of anilines is 1. The largest absolute Gasteiger partial charge is 0.396 e. The van der Waals surface area contributed by atoms with Gasteiger partial charge >= 0.3 is 0 Å². The number of nitrogens with zero attached hydrogens (tertiary/aromatic N) is 1. The molecule has 0 saturated carbocycles. The van der Waals surface area contributed by atoms with Crippen molar-refractivity contribution < 1.29 is 13.6 Å². The van der Waals surface area contributed by atoms with Gasteiger partial charge in [-0.15, -0.1) is 0 Å². The Balaban J connectivity index is 3.08. The van der Waals surface area contributed by atoms with Gasteiger partial charge in [0, 0.05) is 13.6 Å². The molecule has 0 bridgehead atoms. The van der Waals surface area contributed by atoms with Crippen molar-refractivity contribution in [2.45, 2.75) is 13.8 Å². The Morgan fingerprint density at radius 2 is 2.00 bits per heavy atom. The topological polar surface area (TPSA) is 46.3 Å². The number of halogens is 2. The minimum absolute atomic E-state index is 0.219. The SMILES string of the molecule is CC(C)CN(C)C(=O)c1c(F)ccc(N)c1F. The van der Waals surface area contributed by atoms with E-state index in [0.29, 0.717) is 6.54 Å². The molecule has 0 spiro atoms. The molecule has 1 amide bonds. The third-order valence-electron chi connectivity index (χ3n) is 2.32. The van der Waals surface area contributed by atoms with Crippen LogP contribution in [-0.4, -0.2) is 24.4 Å². The number of carbonyl (C=O) groups is 1. The standard InChI is InChI=1S/C12H16F2N2O/c1-7(2)6-16(3)12(17)10-8(13)4-5-9(15)11(10)14/h4-5,7H,6,15H2,1-3H3. The minimum Gasteiger partial charge on any atom is -0.396 e. The number of hydrogen-bond acceptors (Lipinski definition) is 2. The van der Waals surface area contributed by atoms with E-state index in [-0.39, 0.29) is 11.6 Å². The first-order chi connectivity index (χ1) is 7.84. The van der Waals surface area contributed by atoms with E-state index in [9.17, 15) is 13.6 Å². The van der Waals surface area contributed by atoms with Crippen LogP contribution in [-0.2, 0) is 0 Å². The summed E-state index contributed by atoms with van der Waals surface area (Å²) in [4.78, 5) is 13.1. The lowest BCUT2D eigenvalue weighted by Crippen LogP contribution is -2.31. The van der Waals surface area contributed by atoms with Gasteiger partial charge in [-0.1, -0.05) is 13.8 Å². The zero-order chi connectivity index (χ0) is 13.2. The highest BCUT2D eigenvalue weighted by molar-refractivity contribution is 5.95. The molecule has 3 nitrogen and oxygen atoms in total. The maximum atomic E-state index is 13.6. The number of carbonyl (C=O) groups excluding carboxylic acids is 1. The highest BCUT2D eigenvalue weighted by atomic mass is 19.1. The summed E-state index contributed by atoms with van der Waals surface area (Å²) in [6.07, 6.45) is 0. The van der Waals surface area contributed by atoms with Crippen molar-refractivity contribution in [3.05, 3.63) is 29.3 Å². The summed E-state index contributed by atoms with van der Waals surface area (Å²) in [6.45, 7) is 4.25. The molecule has 0 aliphatic heterocycles. The maximum absolute atomic E-state index is 13.6. The first-order valence-corrected chi connectivity index (χ1v) is 5.33. The fourth-order valence-corrected chi connectivity index (χ4v) is 1.59. The molecular formula is C12H16F2N2O. The van der Waals surface area contributed by atoms with E-state index in [4.69, 9.17) is 5.73 Å². The number of hydrogen-bond donors (Lipinski definition) is 1. The van der Waals surface area contributed by atoms with Crippen LogP contribution in [0.4, 0.5) is 14.5 Å². The molecule has 0 aromatic heterocycles. The van der Waals surface area contributed by atoms with Crippen molar-refractivity contribution in [2.75, 3.05) is 19.3 Å². The average Bonchev–Trinajstić information content (AvgIpc) is 2.23. The van der Waals surface area contributed by atoms with Crippen molar-refractivity contribution in [3.8, 4) is 0 Å². The van der Waals surface area contributed by atoms with Gasteiger partial charge in [0.25, 0.3) is 5.91 Å². The van der Waals surface area contributed by atoms with Crippen LogP contribution < -0.4 is 5.73 Å². The fourth-order valence-electron chi connectivity index (χ4n) is 1.59. The zero-order valence-electron chi connectivity index (χ0n) is 10.1. The average molecular weight is 242 g/mol. The zero-order valence-corrected chi connectivity index (χ0v) is 10.1. The molecule has 0 aliphatic rings. The van der Waals surface area contributed by atoms with E-state index in [1.54, 1.807) is 0 Å². The van der Waals surface area contributed by atoms with Crippen LogP contribution in [0.1, 0.15) is 24.2 Å². The molecule has 0 heterocycles. The predicted octanol–water partition coefficient (Wildman–Crippen LogP) is 2.27. The first-order valence-electron chi connectivity index (χ1n) is 5.33. The Bertz CT molecular complexity index is 433. The second-order valence-corrected chi connectivity index (χ2v) is 4.41. The smallest absolute Gasteiger partial charge is 0.259 e. The van der Waals surface area contributed by atoms with E-state index in [1.807, 2.05) is 13.8 Å². The predicted molar refractivity (Wildman–Crippen MR) is 62.6 cm³/mol. The molecule has 0 aliphatic carbocycles. The number of benzene rings is 1. The fraction of sp³-hybridized carbons (Fsp3) is 0.417. The lowest BCUT2D eigenvalue weighted by atomic mass is 10.1. The van der Waals surface area contributed by atoms with Gasteiger partial charge in [0.2, 0.25) is 0 Å². The summed E-state index contributed by atoms with van der Waals surface area (Å²) in [5, 5.41) is 0. The lowest BCUT2D eigenvalue weighted by molar-refractivity contribution is 0.0769. The van der Waals surface area contributed by atoms with Crippen LogP contribution in [0.15, 0.2) is 12.1 Å². The van der Waals surface area contributed by atoms with Crippen molar-refractivity contribution in [2.24, 2.45) is 5.92 Å². The number of nitrogen functional groups attached to an aromatic ring is 1. The molecule has 17 heavy (non-hydrogen) atoms. The van der Waals surface area contributed by atoms with Gasteiger partial charge in [0.15, 0.2) is 5.82 Å². The normalized spacial score (nSPS) is 10.7. The molecule has 0 radical (unpaired) electrons. The van der Waals surface area contributed by atoms with E-state index < -0.39 is 23.1 Å². The second kappa shape index (κ2) is 5.12. The second-order valence-electron chi connectivity index (χ2n) is 4.41. The van der Waals surface area contributed by atoms with Gasteiger partial charge in [-0.3, -0.25) is 4.79 Å². The summed E-state index contributed by atoms with van der Waals surface area (Å²) in [6, 6.07) is 2.10. The molecule has 0 atom stereocenters. The number of nitrogens with two attached hydrogens (primary N) is 1. The van der Waals surface area contributed by atoms with Crippen LogP contribution in [0.25, 0.3) is 0 Å². The Morgan fingerprint density at radius 3 is 2.53 bits per heavy atom. The van der Waals surface area contributed by atoms with Gasteiger partial charge in [-0.25, -0.2) is 8.78 Å². The maximum Gasteiger partial charge on any atom is 0.259 e. The van der Waals surface area contributed by atoms with Crippen LogP contribution >= 0.6 is 0 Å². The molecule has 2 N–H and O–H groups in total. The van der Waals surface area contributed by atoms with Crippen molar-refractivity contribution in [3.63, 3.8) is 0 Å². The summed E-state index contributed by atoms with van der Waals surface area (Å²) in [5.41, 5.74) is 4.50. The Labute approximate surface area is 99.2 Å².